The molecule has 3 nitrogen and oxygen atoms in total. The summed E-state index contributed by atoms with van der Waals surface area (Å²) in [7, 11) is 1.69. The van der Waals surface area contributed by atoms with Gasteiger partial charge < -0.3 is 9.47 Å². The number of rotatable bonds is 5. The van der Waals surface area contributed by atoms with Crippen molar-refractivity contribution >= 4 is 5.69 Å². The summed E-state index contributed by atoms with van der Waals surface area (Å²) < 4.78 is 11.6. The van der Waals surface area contributed by atoms with Crippen LogP contribution in [0.3, 0.4) is 0 Å². The fraction of sp³-hybridized carbons (Fsp3) is 0.0882. The van der Waals surface area contributed by atoms with Gasteiger partial charge in [0.2, 0.25) is 5.69 Å². The van der Waals surface area contributed by atoms with Crippen LogP contribution in [-0.2, 0) is 5.41 Å². The van der Waals surface area contributed by atoms with Gasteiger partial charge in [0, 0.05) is 0 Å². The van der Waals surface area contributed by atoms with Crippen molar-refractivity contribution in [2.45, 2.75) is 12.3 Å². The van der Waals surface area contributed by atoms with Crippen LogP contribution in [-0.4, -0.2) is 7.11 Å². The molecule has 0 radical (unpaired) electrons. The molecule has 0 bridgehead atoms. The zero-order valence-corrected chi connectivity index (χ0v) is 20.7. The second-order valence-electron chi connectivity index (χ2n) is 9.28. The summed E-state index contributed by atoms with van der Waals surface area (Å²) in [5.74, 6) is 2.10. The first-order valence-electron chi connectivity index (χ1n) is 12.3. The first kappa shape index (κ1) is 22.6. The molecule has 3 heteroatoms. The van der Waals surface area contributed by atoms with Crippen LogP contribution in [0.15, 0.2) is 115 Å². The zero-order valence-electron chi connectivity index (χ0n) is 20.7. The van der Waals surface area contributed by atoms with Gasteiger partial charge in [-0.15, -0.1) is 0 Å². The van der Waals surface area contributed by atoms with Crippen molar-refractivity contribution in [2.24, 2.45) is 0 Å². The summed E-state index contributed by atoms with van der Waals surface area (Å²) in [6, 6.07) is 39.6. The number of ether oxygens (including phenoxy) is 2. The molecule has 1 aliphatic rings. The minimum absolute atomic E-state index is 0.483. The van der Waals surface area contributed by atoms with Crippen molar-refractivity contribution in [2.75, 3.05) is 7.11 Å². The van der Waals surface area contributed by atoms with Crippen LogP contribution in [0.4, 0.5) is 5.69 Å². The van der Waals surface area contributed by atoms with E-state index in [0.717, 1.165) is 16.9 Å². The molecule has 37 heavy (non-hydrogen) atoms. The van der Waals surface area contributed by atoms with Gasteiger partial charge in [0.1, 0.15) is 17.2 Å². The zero-order chi connectivity index (χ0) is 25.4. The molecule has 0 amide bonds. The summed E-state index contributed by atoms with van der Waals surface area (Å²) in [5.41, 5.74) is 8.40. The Morgan fingerprint density at radius 2 is 1.19 bits per heavy atom. The van der Waals surface area contributed by atoms with Crippen LogP contribution in [0, 0.1) is 13.5 Å². The Balaban J connectivity index is 1.53. The topological polar surface area (TPSA) is 22.8 Å². The molecule has 0 aliphatic heterocycles. The lowest BCUT2D eigenvalue weighted by Gasteiger charge is -2.34. The summed E-state index contributed by atoms with van der Waals surface area (Å²) in [4.78, 5) is 3.62. The van der Waals surface area contributed by atoms with E-state index < -0.39 is 5.41 Å². The molecule has 0 saturated heterocycles. The SMILES string of the molecule is [C-]#[N+]c1ccc(C)cc1Oc1ccc(C2(c3ccc(OC)cc3)c3ccccc3-c3ccccc32)cc1. The van der Waals surface area contributed by atoms with Crippen LogP contribution < -0.4 is 9.47 Å². The van der Waals surface area contributed by atoms with E-state index >= 15 is 0 Å². The average molecular weight is 480 g/mol. The van der Waals surface area contributed by atoms with Crippen molar-refractivity contribution in [3.8, 4) is 28.4 Å². The van der Waals surface area contributed by atoms with Gasteiger partial charge in [-0.05, 0) is 70.6 Å². The summed E-state index contributed by atoms with van der Waals surface area (Å²) in [5, 5.41) is 0. The lowest BCUT2D eigenvalue weighted by atomic mass is 9.68. The van der Waals surface area contributed by atoms with E-state index in [-0.39, 0.29) is 0 Å². The van der Waals surface area contributed by atoms with Gasteiger partial charge in [-0.1, -0.05) is 90.5 Å². The molecule has 0 saturated carbocycles. The molecule has 0 aromatic heterocycles. The monoisotopic (exact) mass is 479 g/mol. The van der Waals surface area contributed by atoms with Crippen LogP contribution in [0.1, 0.15) is 27.8 Å². The van der Waals surface area contributed by atoms with Gasteiger partial charge in [0.05, 0.1) is 19.1 Å². The van der Waals surface area contributed by atoms with Gasteiger partial charge in [-0.3, -0.25) is 0 Å². The minimum Gasteiger partial charge on any atom is -0.497 e. The van der Waals surface area contributed by atoms with Crippen LogP contribution in [0.5, 0.6) is 17.2 Å². The van der Waals surface area contributed by atoms with E-state index in [4.69, 9.17) is 16.0 Å². The molecule has 0 heterocycles. The maximum absolute atomic E-state index is 7.49. The van der Waals surface area contributed by atoms with E-state index in [0.29, 0.717) is 17.2 Å². The predicted molar refractivity (Wildman–Crippen MR) is 148 cm³/mol. The standard InChI is InChI=1S/C34H25NO2/c1-23-12-21-32(35-2)33(22-23)37-27-19-15-25(16-20-27)34(24-13-17-26(36-3)18-14-24)30-10-6-4-8-28(30)29-9-5-7-11-31(29)34/h4-22H,1,3H3. The lowest BCUT2D eigenvalue weighted by molar-refractivity contribution is 0.414. The predicted octanol–water partition coefficient (Wildman–Crippen LogP) is 8.71. The molecule has 0 atom stereocenters. The Morgan fingerprint density at radius 1 is 0.649 bits per heavy atom. The largest absolute Gasteiger partial charge is 0.497 e. The first-order valence-corrected chi connectivity index (χ1v) is 12.3. The highest BCUT2D eigenvalue weighted by Gasteiger charge is 2.45. The number of aryl methyl sites for hydroxylation is 1. The van der Waals surface area contributed by atoms with Crippen molar-refractivity contribution in [1.29, 1.82) is 0 Å². The number of fused-ring (bicyclic) bond motifs is 3. The number of hydrogen-bond donors (Lipinski definition) is 0. The lowest BCUT2D eigenvalue weighted by Crippen LogP contribution is -2.28. The highest BCUT2D eigenvalue weighted by Crippen LogP contribution is 2.56. The maximum Gasteiger partial charge on any atom is 0.228 e. The van der Waals surface area contributed by atoms with Gasteiger partial charge in [-0.25, -0.2) is 4.85 Å². The molecule has 0 unspecified atom stereocenters. The van der Waals surface area contributed by atoms with Crippen molar-refractivity contribution in [1.82, 2.24) is 0 Å². The van der Waals surface area contributed by atoms with Gasteiger partial charge in [0.15, 0.2) is 0 Å². The van der Waals surface area contributed by atoms with Crippen molar-refractivity contribution < 1.29 is 9.47 Å². The third kappa shape index (κ3) is 3.58. The normalized spacial score (nSPS) is 12.8. The molecular weight excluding hydrogens is 454 g/mol. The Kier molecular flexibility index (Phi) is 5.51. The fourth-order valence-corrected chi connectivity index (χ4v) is 5.56. The Bertz CT molecular complexity index is 1600. The highest BCUT2D eigenvalue weighted by molar-refractivity contribution is 5.86. The molecule has 0 spiro atoms. The van der Waals surface area contributed by atoms with Crippen LogP contribution in [0.25, 0.3) is 16.0 Å². The van der Waals surface area contributed by atoms with E-state index in [1.165, 1.54) is 27.8 Å². The molecule has 178 valence electrons. The summed E-state index contributed by atoms with van der Waals surface area (Å²) in [6.07, 6.45) is 0. The van der Waals surface area contributed by atoms with Gasteiger partial charge in [0.25, 0.3) is 0 Å². The Labute approximate surface area is 217 Å². The van der Waals surface area contributed by atoms with Gasteiger partial charge >= 0.3 is 0 Å². The number of benzene rings is 5. The van der Waals surface area contributed by atoms with E-state index in [9.17, 15) is 0 Å². The van der Waals surface area contributed by atoms with Gasteiger partial charge in [-0.2, -0.15) is 0 Å². The van der Waals surface area contributed by atoms with Crippen molar-refractivity contribution in [3.05, 3.63) is 154 Å². The molecule has 0 N–H and O–H groups in total. The summed E-state index contributed by atoms with van der Waals surface area (Å²) in [6.45, 7) is 9.49. The fourth-order valence-electron chi connectivity index (χ4n) is 5.56. The van der Waals surface area contributed by atoms with Crippen LogP contribution >= 0.6 is 0 Å². The van der Waals surface area contributed by atoms with E-state index in [2.05, 4.69) is 77.6 Å². The number of hydrogen-bond acceptors (Lipinski definition) is 2. The average Bonchev–Trinajstić information content (AvgIpc) is 3.25. The number of nitrogens with zero attached hydrogens (tertiary/aromatic N) is 1. The molecular formula is C34H25NO2. The maximum atomic E-state index is 7.49. The molecule has 5 aromatic carbocycles. The second kappa shape index (κ2) is 9.00. The molecule has 0 fully saturated rings. The second-order valence-corrected chi connectivity index (χ2v) is 9.28. The molecule has 6 rings (SSSR count). The smallest absolute Gasteiger partial charge is 0.228 e. The van der Waals surface area contributed by atoms with Crippen LogP contribution in [0.2, 0.25) is 0 Å². The van der Waals surface area contributed by atoms with E-state index in [1.807, 2.05) is 43.3 Å². The number of methoxy groups -OCH3 is 1. The third-order valence-corrected chi connectivity index (χ3v) is 7.23. The van der Waals surface area contributed by atoms with E-state index in [1.54, 1.807) is 13.2 Å². The minimum atomic E-state index is -0.483. The first-order chi connectivity index (χ1) is 18.1. The van der Waals surface area contributed by atoms with Crippen molar-refractivity contribution in [3.63, 3.8) is 0 Å². The molecule has 5 aromatic rings. The third-order valence-electron chi connectivity index (χ3n) is 7.23. The quantitative estimate of drug-likeness (QED) is 0.231. The molecule has 1 aliphatic carbocycles. The Morgan fingerprint density at radius 3 is 1.73 bits per heavy atom. The summed E-state index contributed by atoms with van der Waals surface area (Å²) >= 11 is 0. The Hall–Kier alpha value is -4.81. The highest BCUT2D eigenvalue weighted by atomic mass is 16.5.